The Morgan fingerprint density at radius 2 is 0.844 bits per heavy atom. The molecule has 0 saturated carbocycles. The molecule has 0 spiro atoms. The predicted octanol–water partition coefficient (Wildman–Crippen LogP) is 3.83. The van der Waals surface area contributed by atoms with E-state index in [0.29, 0.717) is 5.03 Å². The van der Waals surface area contributed by atoms with Crippen LogP contribution >= 0.6 is 11.6 Å². The van der Waals surface area contributed by atoms with Gasteiger partial charge in [0.1, 0.15) is 5.60 Å². The van der Waals surface area contributed by atoms with E-state index in [9.17, 15) is 0 Å². The molecule has 0 fully saturated rings. The summed E-state index contributed by atoms with van der Waals surface area (Å²) in [4.78, 5) is 0. The van der Waals surface area contributed by atoms with E-state index in [2.05, 4.69) is 54.6 Å². The fourth-order valence-electron chi connectivity index (χ4n) is 4.20. The Kier molecular flexibility index (Phi) is 8.00. The smallest absolute Gasteiger partial charge is 1.00 e. The van der Waals surface area contributed by atoms with Crippen LogP contribution in [0.25, 0.3) is 0 Å². The minimum atomic E-state index is -0.949. The van der Waals surface area contributed by atoms with Gasteiger partial charge in [0.2, 0.25) is 0 Å². The summed E-state index contributed by atoms with van der Waals surface area (Å²) in [5.41, 5.74) is 2.05. The molecule has 0 amide bonds. The van der Waals surface area contributed by atoms with Crippen LogP contribution in [0.15, 0.2) is 126 Å². The van der Waals surface area contributed by atoms with Gasteiger partial charge < -0.3 is 17.1 Å². The normalized spacial score (nSPS) is 15.7. The molecule has 1 aliphatic rings. The van der Waals surface area contributed by atoms with Crippen LogP contribution in [0, 0.1) is 6.08 Å². The van der Waals surface area contributed by atoms with Gasteiger partial charge >= 0.3 is 27.7 Å². The van der Waals surface area contributed by atoms with Crippen molar-refractivity contribution in [2.24, 2.45) is 0 Å². The Morgan fingerprint density at radius 1 is 0.531 bits per heavy atom. The van der Waals surface area contributed by atoms with Crippen molar-refractivity contribution >= 4 is 11.6 Å². The van der Waals surface area contributed by atoms with E-state index in [-0.39, 0.29) is 40.1 Å². The Bertz CT molecular complexity index is 1080. The molecule has 1 heterocycles. The van der Waals surface area contributed by atoms with Crippen LogP contribution in [0.3, 0.4) is 0 Å². The molecule has 0 saturated heterocycles. The van der Waals surface area contributed by atoms with Crippen LogP contribution < -0.4 is 12.4 Å². The van der Waals surface area contributed by atoms with Crippen LogP contribution in [-0.2, 0) is 43.6 Å². The second-order valence-electron chi connectivity index (χ2n) is 7.37. The first-order chi connectivity index (χ1) is 14.8. The van der Waals surface area contributed by atoms with Crippen molar-refractivity contribution in [1.29, 1.82) is 0 Å². The molecule has 0 bridgehead atoms. The standard InChI is InChI=1S/C28H20ClO.ClH.Hg/c29-26-21-27(22-13-5-1-6-14-22,23-15-7-2-8-16-23)30-28(26,24-17-9-3-10-18-24)25-19-11-4-12-20-25;;/h1-20H;1H;/q;;+1/p-1. The van der Waals surface area contributed by atoms with E-state index in [1.54, 1.807) is 0 Å². The number of benzene rings is 4. The summed E-state index contributed by atoms with van der Waals surface area (Å²) < 4.78 is 7.11. The van der Waals surface area contributed by atoms with E-state index >= 15 is 0 Å². The Balaban J connectivity index is 0.00000144. The second-order valence-corrected chi connectivity index (χ2v) is 7.75. The number of ether oxygens (including phenoxy) is 1. The maximum atomic E-state index is 7.11. The van der Waals surface area contributed by atoms with Crippen molar-refractivity contribution < 1.29 is 44.8 Å². The topological polar surface area (TPSA) is 9.23 Å². The largest absolute Gasteiger partial charge is 1.00 e. The van der Waals surface area contributed by atoms with Crippen molar-refractivity contribution in [2.75, 3.05) is 0 Å². The van der Waals surface area contributed by atoms with Crippen molar-refractivity contribution in [3.63, 3.8) is 0 Å². The third-order valence-electron chi connectivity index (χ3n) is 5.62. The maximum Gasteiger partial charge on any atom is 1.00 e. The molecule has 5 rings (SSSR count). The van der Waals surface area contributed by atoms with E-state index in [0.717, 1.165) is 22.3 Å². The van der Waals surface area contributed by atoms with E-state index < -0.39 is 11.2 Å². The van der Waals surface area contributed by atoms with Crippen LogP contribution in [0.1, 0.15) is 22.3 Å². The maximum absolute atomic E-state index is 7.11. The fraction of sp³-hybridized carbons (Fsp3) is 0.0714. The Labute approximate surface area is 221 Å². The molecule has 4 heteroatoms. The molecule has 1 aliphatic heterocycles. The SMILES string of the molecule is ClC1=[C]C(c2ccccc2)(c2ccccc2)OC1(c1ccccc1)c1ccccc1.[Cl-].[Hg+]. The van der Waals surface area contributed by atoms with Crippen molar-refractivity contribution in [3.05, 3.63) is 155 Å². The number of halogens is 2. The molecule has 2 radical (unpaired) electrons. The van der Waals surface area contributed by atoms with E-state index in [1.165, 1.54) is 0 Å². The summed E-state index contributed by atoms with van der Waals surface area (Å²) in [7, 11) is 0. The molecule has 154 valence electrons. The first-order valence-electron chi connectivity index (χ1n) is 9.99. The molecule has 0 unspecified atom stereocenters. The molecule has 0 aromatic heterocycles. The van der Waals surface area contributed by atoms with Gasteiger partial charge in [-0.25, -0.2) is 0 Å². The number of hydrogen-bond donors (Lipinski definition) is 0. The molecule has 4 aromatic carbocycles. The fourth-order valence-corrected chi connectivity index (χ4v) is 4.59. The zero-order valence-electron chi connectivity index (χ0n) is 17.4. The molecule has 0 atom stereocenters. The molecule has 1 nitrogen and oxygen atoms in total. The van der Waals surface area contributed by atoms with Crippen LogP contribution in [0.2, 0.25) is 0 Å². The van der Waals surface area contributed by atoms with Gasteiger partial charge in [0.25, 0.3) is 0 Å². The first-order valence-corrected chi connectivity index (χ1v) is 10.4. The zero-order valence-corrected chi connectivity index (χ0v) is 24.4. The average molecular weight is 644 g/mol. The summed E-state index contributed by atoms with van der Waals surface area (Å²) in [5.74, 6) is 0. The summed E-state index contributed by atoms with van der Waals surface area (Å²) in [6, 6.07) is 40.6. The van der Waals surface area contributed by atoms with Gasteiger partial charge in [-0.15, -0.1) is 0 Å². The minimum absolute atomic E-state index is 0. The van der Waals surface area contributed by atoms with Gasteiger partial charge in [0.05, 0.1) is 5.03 Å². The van der Waals surface area contributed by atoms with Crippen LogP contribution in [0.4, 0.5) is 0 Å². The summed E-state index contributed by atoms with van der Waals surface area (Å²) in [6.45, 7) is 0. The number of hydrogen-bond acceptors (Lipinski definition) is 1. The summed E-state index contributed by atoms with van der Waals surface area (Å²) in [6.07, 6.45) is 3.55. The molecular weight excluding hydrogens is 624 g/mol. The van der Waals surface area contributed by atoms with Gasteiger partial charge in [-0.2, -0.15) is 0 Å². The quantitative estimate of drug-likeness (QED) is 0.308. The molecule has 0 aliphatic carbocycles. The first kappa shape index (κ1) is 24.7. The summed E-state index contributed by atoms with van der Waals surface area (Å²) in [5, 5.41) is 0.535. The minimum Gasteiger partial charge on any atom is -1.00 e. The summed E-state index contributed by atoms with van der Waals surface area (Å²) >= 11 is 7.07. The van der Waals surface area contributed by atoms with Gasteiger partial charge in [-0.1, -0.05) is 133 Å². The van der Waals surface area contributed by atoms with Crippen LogP contribution in [-0.4, -0.2) is 0 Å². The van der Waals surface area contributed by atoms with Gasteiger partial charge in [0, 0.05) is 6.08 Å². The van der Waals surface area contributed by atoms with Crippen LogP contribution in [0.5, 0.6) is 0 Å². The van der Waals surface area contributed by atoms with Crippen molar-refractivity contribution in [1.82, 2.24) is 0 Å². The van der Waals surface area contributed by atoms with E-state index in [1.807, 2.05) is 72.8 Å². The van der Waals surface area contributed by atoms with Gasteiger partial charge in [0.15, 0.2) is 5.60 Å². The van der Waals surface area contributed by atoms with Crippen molar-refractivity contribution in [3.8, 4) is 0 Å². The predicted molar refractivity (Wildman–Crippen MR) is 121 cm³/mol. The number of rotatable bonds is 4. The average Bonchev–Trinajstić information content (AvgIpc) is 3.16. The monoisotopic (exact) mass is 644 g/mol. The molecule has 0 N–H and O–H groups in total. The second kappa shape index (κ2) is 10.4. The third kappa shape index (κ3) is 4.08. The molecule has 32 heavy (non-hydrogen) atoms. The Morgan fingerprint density at radius 3 is 1.19 bits per heavy atom. The Hall–Kier alpha value is -1.90. The van der Waals surface area contributed by atoms with Crippen molar-refractivity contribution in [2.45, 2.75) is 11.2 Å². The van der Waals surface area contributed by atoms with Gasteiger partial charge in [-0.05, 0) is 22.3 Å². The molecular formula is C28H20Cl2HgO. The third-order valence-corrected chi connectivity index (χ3v) is 5.98. The van der Waals surface area contributed by atoms with Gasteiger partial charge in [-0.3, -0.25) is 0 Å². The molecule has 4 aromatic rings. The zero-order chi connectivity index (χ0) is 20.4. The van der Waals surface area contributed by atoms with E-state index in [4.69, 9.17) is 16.3 Å².